The van der Waals surface area contributed by atoms with E-state index >= 15 is 0 Å². The summed E-state index contributed by atoms with van der Waals surface area (Å²) in [6.07, 6.45) is 0. The molecule has 0 aliphatic carbocycles. The van der Waals surface area contributed by atoms with E-state index in [1.807, 2.05) is 6.07 Å². The first-order valence-electron chi connectivity index (χ1n) is 6.23. The zero-order valence-corrected chi connectivity index (χ0v) is 11.5. The van der Waals surface area contributed by atoms with Gasteiger partial charge in [0.25, 0.3) is 0 Å². The number of nitriles is 1. The minimum absolute atomic E-state index is 0.0852. The number of nitrogens with zero attached hydrogens (tertiary/aromatic N) is 1. The smallest absolute Gasteiger partial charge is 0.342 e. The van der Waals surface area contributed by atoms with Crippen molar-refractivity contribution in [3.8, 4) is 11.8 Å². The Balaban J connectivity index is 2.10. The van der Waals surface area contributed by atoms with E-state index in [0.29, 0.717) is 22.6 Å². The first-order chi connectivity index (χ1) is 10.1. The second-order valence-electron chi connectivity index (χ2n) is 4.35. The van der Waals surface area contributed by atoms with Gasteiger partial charge in [-0.2, -0.15) is 5.26 Å². The van der Waals surface area contributed by atoms with Gasteiger partial charge >= 0.3 is 5.97 Å². The van der Waals surface area contributed by atoms with Crippen molar-refractivity contribution in [1.82, 2.24) is 0 Å². The van der Waals surface area contributed by atoms with Gasteiger partial charge in [-0.15, -0.1) is 0 Å². The van der Waals surface area contributed by atoms with Gasteiger partial charge in [0.05, 0.1) is 18.7 Å². The topological polar surface area (TPSA) is 85.3 Å². The largest absolute Gasteiger partial charge is 0.496 e. The number of methoxy groups -OCH3 is 1. The highest BCUT2D eigenvalue weighted by Crippen LogP contribution is 2.22. The number of nitrogen functional groups attached to an aromatic ring is 1. The molecule has 0 spiro atoms. The highest BCUT2D eigenvalue weighted by molar-refractivity contribution is 5.93. The fourth-order valence-electron chi connectivity index (χ4n) is 1.83. The molecule has 0 aliphatic heterocycles. The predicted octanol–water partition coefficient (Wildman–Crippen LogP) is 2.51. The second kappa shape index (κ2) is 6.44. The maximum absolute atomic E-state index is 12.1. The Bertz CT molecular complexity index is 705. The van der Waals surface area contributed by atoms with E-state index in [1.165, 1.54) is 7.11 Å². The number of benzene rings is 2. The van der Waals surface area contributed by atoms with Crippen molar-refractivity contribution < 1.29 is 14.3 Å². The predicted molar refractivity (Wildman–Crippen MR) is 77.7 cm³/mol. The Morgan fingerprint density at radius 3 is 2.81 bits per heavy atom. The Hall–Kier alpha value is -3.00. The molecule has 2 aromatic carbocycles. The summed E-state index contributed by atoms with van der Waals surface area (Å²) in [7, 11) is 1.46. The molecule has 21 heavy (non-hydrogen) atoms. The van der Waals surface area contributed by atoms with Crippen molar-refractivity contribution in [3.05, 3.63) is 59.2 Å². The highest BCUT2D eigenvalue weighted by atomic mass is 16.5. The van der Waals surface area contributed by atoms with E-state index in [0.717, 1.165) is 5.56 Å². The minimum Gasteiger partial charge on any atom is -0.496 e. The Morgan fingerprint density at radius 2 is 2.10 bits per heavy atom. The van der Waals surface area contributed by atoms with Crippen LogP contribution >= 0.6 is 0 Å². The molecule has 0 radical (unpaired) electrons. The van der Waals surface area contributed by atoms with Crippen LogP contribution in [0.3, 0.4) is 0 Å². The van der Waals surface area contributed by atoms with Crippen LogP contribution in [0.15, 0.2) is 42.5 Å². The number of anilines is 1. The fourth-order valence-corrected chi connectivity index (χ4v) is 1.83. The number of carbonyl (C=O) groups is 1. The lowest BCUT2D eigenvalue weighted by Crippen LogP contribution is -2.07. The van der Waals surface area contributed by atoms with Crippen molar-refractivity contribution in [3.63, 3.8) is 0 Å². The van der Waals surface area contributed by atoms with E-state index in [4.69, 9.17) is 20.5 Å². The molecule has 0 fully saturated rings. The van der Waals surface area contributed by atoms with Crippen molar-refractivity contribution in [2.45, 2.75) is 6.61 Å². The van der Waals surface area contributed by atoms with Gasteiger partial charge < -0.3 is 15.2 Å². The number of ether oxygens (including phenoxy) is 2. The molecule has 0 saturated carbocycles. The standard InChI is InChI=1S/C16H14N2O3/c1-20-15-8-13(18)5-6-14(15)16(19)21-10-12-4-2-3-11(7-12)9-17/h2-8H,10,18H2,1H3. The van der Waals surface area contributed by atoms with Crippen LogP contribution in [0.25, 0.3) is 0 Å². The summed E-state index contributed by atoms with van der Waals surface area (Å²) in [6.45, 7) is 0.0852. The molecule has 2 rings (SSSR count). The maximum atomic E-state index is 12.1. The van der Waals surface area contributed by atoms with Crippen molar-refractivity contribution in [2.75, 3.05) is 12.8 Å². The van der Waals surface area contributed by atoms with Crippen LogP contribution in [-0.2, 0) is 11.3 Å². The third-order valence-electron chi connectivity index (χ3n) is 2.87. The van der Waals surface area contributed by atoms with E-state index in [-0.39, 0.29) is 6.61 Å². The van der Waals surface area contributed by atoms with Crippen LogP contribution in [0.1, 0.15) is 21.5 Å². The maximum Gasteiger partial charge on any atom is 0.342 e. The van der Waals surface area contributed by atoms with Crippen molar-refractivity contribution in [1.29, 1.82) is 5.26 Å². The van der Waals surface area contributed by atoms with Gasteiger partial charge in [0.2, 0.25) is 0 Å². The van der Waals surface area contributed by atoms with Crippen LogP contribution in [0.2, 0.25) is 0 Å². The lowest BCUT2D eigenvalue weighted by Gasteiger charge is -2.09. The monoisotopic (exact) mass is 282 g/mol. The summed E-state index contributed by atoms with van der Waals surface area (Å²) in [6, 6.07) is 13.7. The average molecular weight is 282 g/mol. The summed E-state index contributed by atoms with van der Waals surface area (Å²) in [5.74, 6) is -0.139. The fraction of sp³-hybridized carbons (Fsp3) is 0.125. The van der Waals surface area contributed by atoms with Crippen LogP contribution in [0, 0.1) is 11.3 Å². The van der Waals surface area contributed by atoms with Crippen LogP contribution in [0.4, 0.5) is 5.69 Å². The minimum atomic E-state index is -0.505. The Kier molecular flexibility index (Phi) is 4.42. The lowest BCUT2D eigenvalue weighted by molar-refractivity contribution is 0.0469. The van der Waals surface area contributed by atoms with Gasteiger partial charge in [-0.3, -0.25) is 0 Å². The molecule has 0 unspecified atom stereocenters. The average Bonchev–Trinajstić information content (AvgIpc) is 2.52. The summed E-state index contributed by atoms with van der Waals surface area (Å²) < 4.78 is 10.3. The number of nitrogens with two attached hydrogens (primary N) is 1. The normalized spacial score (nSPS) is 9.71. The third kappa shape index (κ3) is 3.51. The van der Waals surface area contributed by atoms with Gasteiger partial charge in [-0.05, 0) is 29.8 Å². The van der Waals surface area contributed by atoms with E-state index in [2.05, 4.69) is 0 Å². The van der Waals surface area contributed by atoms with Crippen LogP contribution in [0.5, 0.6) is 5.75 Å². The quantitative estimate of drug-likeness (QED) is 0.688. The number of hydrogen-bond acceptors (Lipinski definition) is 5. The molecule has 0 atom stereocenters. The Morgan fingerprint density at radius 1 is 1.29 bits per heavy atom. The molecule has 2 aromatic rings. The first kappa shape index (κ1) is 14.4. The van der Waals surface area contributed by atoms with Gasteiger partial charge in [-0.1, -0.05) is 12.1 Å². The molecule has 2 N–H and O–H groups in total. The molecule has 0 aliphatic rings. The SMILES string of the molecule is COc1cc(N)ccc1C(=O)OCc1cccc(C#N)c1. The molecule has 0 heterocycles. The molecule has 0 bridgehead atoms. The Labute approximate surface area is 122 Å². The molecule has 0 aromatic heterocycles. The zero-order valence-electron chi connectivity index (χ0n) is 11.5. The van der Waals surface area contributed by atoms with Crippen molar-refractivity contribution in [2.24, 2.45) is 0 Å². The molecular weight excluding hydrogens is 268 g/mol. The number of hydrogen-bond donors (Lipinski definition) is 1. The van der Waals surface area contributed by atoms with Crippen LogP contribution in [-0.4, -0.2) is 13.1 Å². The van der Waals surface area contributed by atoms with Crippen molar-refractivity contribution >= 4 is 11.7 Å². The van der Waals surface area contributed by atoms with E-state index < -0.39 is 5.97 Å². The molecule has 5 heteroatoms. The summed E-state index contributed by atoms with van der Waals surface area (Å²) in [5.41, 5.74) is 7.72. The third-order valence-corrected chi connectivity index (χ3v) is 2.87. The van der Waals surface area contributed by atoms with E-state index in [1.54, 1.807) is 42.5 Å². The van der Waals surface area contributed by atoms with Gasteiger partial charge in [0, 0.05) is 11.8 Å². The lowest BCUT2D eigenvalue weighted by atomic mass is 10.1. The van der Waals surface area contributed by atoms with Gasteiger partial charge in [0.15, 0.2) is 0 Å². The summed E-state index contributed by atoms with van der Waals surface area (Å²) >= 11 is 0. The molecule has 5 nitrogen and oxygen atoms in total. The summed E-state index contributed by atoms with van der Waals surface area (Å²) in [4.78, 5) is 12.1. The molecule has 0 saturated heterocycles. The number of carbonyl (C=O) groups excluding carboxylic acids is 1. The number of rotatable bonds is 4. The van der Waals surface area contributed by atoms with E-state index in [9.17, 15) is 4.79 Å². The summed E-state index contributed by atoms with van der Waals surface area (Å²) in [5, 5.41) is 8.83. The number of esters is 1. The van der Waals surface area contributed by atoms with Gasteiger partial charge in [0.1, 0.15) is 17.9 Å². The highest BCUT2D eigenvalue weighted by Gasteiger charge is 2.14. The first-order valence-corrected chi connectivity index (χ1v) is 6.23. The zero-order chi connectivity index (χ0) is 15.2. The van der Waals surface area contributed by atoms with Crippen LogP contribution < -0.4 is 10.5 Å². The molecule has 0 amide bonds. The van der Waals surface area contributed by atoms with Gasteiger partial charge in [-0.25, -0.2) is 4.79 Å². The molecule has 106 valence electrons. The molecular formula is C16H14N2O3. The second-order valence-corrected chi connectivity index (χ2v) is 4.35.